The topological polar surface area (TPSA) is 38.6 Å². The van der Waals surface area contributed by atoms with Crippen molar-refractivity contribution in [2.75, 3.05) is 0 Å². The van der Waals surface area contributed by atoms with Crippen molar-refractivity contribution >= 4 is 82.4 Å². The minimum atomic E-state index is 0.763. The van der Waals surface area contributed by atoms with Crippen molar-refractivity contribution in [1.82, 2.24) is 0 Å². The maximum atomic E-state index is 6.83. The average Bonchev–Trinajstić information content (AvgIpc) is 3.70. The first-order valence-corrected chi connectivity index (χ1v) is 18.1. The summed E-state index contributed by atoms with van der Waals surface area (Å²) < 4.78 is 13.5. The molecule has 1 aliphatic rings. The van der Waals surface area contributed by atoms with Gasteiger partial charge in [0, 0.05) is 38.2 Å². The highest BCUT2D eigenvalue weighted by atomic mass is 16.3. The fraction of sp³-hybridized carbons (Fsp3) is 0.0200. The molecule has 0 atom stereocenters. The molecular formula is C50H31NO2. The molecule has 0 aliphatic carbocycles. The van der Waals surface area contributed by atoms with Gasteiger partial charge in [0.25, 0.3) is 0 Å². The Morgan fingerprint density at radius 2 is 1.08 bits per heavy atom. The third-order valence-corrected chi connectivity index (χ3v) is 10.7. The molecule has 3 nitrogen and oxygen atoms in total. The zero-order valence-electron chi connectivity index (χ0n) is 28.7. The normalized spacial score (nSPS) is 13.5. The highest BCUT2D eigenvalue weighted by Crippen LogP contribution is 2.43. The van der Waals surface area contributed by atoms with Gasteiger partial charge in [-0.05, 0) is 75.0 Å². The molecule has 0 saturated carbocycles. The number of hydrogen-bond acceptors (Lipinski definition) is 3. The van der Waals surface area contributed by atoms with Gasteiger partial charge in [-0.2, -0.15) is 0 Å². The average molecular weight is 678 g/mol. The van der Waals surface area contributed by atoms with Gasteiger partial charge in [-0.3, -0.25) is 0 Å². The van der Waals surface area contributed by atoms with E-state index in [-0.39, 0.29) is 0 Å². The number of fused-ring (bicyclic) bond motifs is 8. The molecule has 0 spiro atoms. The minimum Gasteiger partial charge on any atom is -0.455 e. The van der Waals surface area contributed by atoms with Gasteiger partial charge in [0.1, 0.15) is 22.3 Å². The number of benzene rings is 8. The summed E-state index contributed by atoms with van der Waals surface area (Å²) in [5.41, 5.74) is 11.8. The predicted molar refractivity (Wildman–Crippen MR) is 221 cm³/mol. The molecule has 3 heterocycles. The maximum Gasteiger partial charge on any atom is 0.143 e. The van der Waals surface area contributed by atoms with Crippen molar-refractivity contribution in [2.24, 2.45) is 4.99 Å². The van der Waals surface area contributed by atoms with Gasteiger partial charge in [-0.15, -0.1) is 0 Å². The lowest BCUT2D eigenvalue weighted by molar-refractivity contribution is 0.665. The van der Waals surface area contributed by atoms with Gasteiger partial charge in [0.15, 0.2) is 0 Å². The molecule has 10 aromatic rings. The van der Waals surface area contributed by atoms with E-state index in [4.69, 9.17) is 13.8 Å². The number of aliphatic imine (C=N–C) groups is 1. The Bertz CT molecular complexity index is 3190. The number of furan rings is 2. The van der Waals surface area contributed by atoms with Crippen LogP contribution in [0.3, 0.4) is 0 Å². The highest BCUT2D eigenvalue weighted by Gasteiger charge is 2.21. The van der Waals surface area contributed by atoms with Crippen molar-refractivity contribution < 1.29 is 8.83 Å². The number of rotatable bonds is 4. The first kappa shape index (κ1) is 29.7. The molecule has 8 aromatic carbocycles. The largest absolute Gasteiger partial charge is 0.455 e. The molecule has 53 heavy (non-hydrogen) atoms. The smallest absolute Gasteiger partial charge is 0.143 e. The van der Waals surface area contributed by atoms with Crippen LogP contribution in [0.1, 0.15) is 23.1 Å². The van der Waals surface area contributed by atoms with E-state index in [2.05, 4.69) is 170 Å². The third kappa shape index (κ3) is 4.86. The SMILES string of the molecule is C1=C(c2ccc3ccccc3c2)CC=C(c2ccccc2)N=C1c1cccc2oc3c(-c4cccc5c4oc4cc6ccccc6cc45)cccc3c12. The Balaban J connectivity index is 1.12. The second-order valence-electron chi connectivity index (χ2n) is 13.8. The number of nitrogens with zero attached hydrogens (tertiary/aromatic N) is 1. The molecule has 0 radical (unpaired) electrons. The molecule has 1 aliphatic heterocycles. The lowest BCUT2D eigenvalue weighted by Gasteiger charge is -2.09. The van der Waals surface area contributed by atoms with Crippen LogP contribution >= 0.6 is 0 Å². The molecule has 0 unspecified atom stereocenters. The van der Waals surface area contributed by atoms with E-state index >= 15 is 0 Å². The van der Waals surface area contributed by atoms with E-state index in [0.29, 0.717) is 0 Å². The predicted octanol–water partition coefficient (Wildman–Crippen LogP) is 13.8. The fourth-order valence-corrected chi connectivity index (χ4v) is 8.13. The quantitative estimate of drug-likeness (QED) is 0.186. The van der Waals surface area contributed by atoms with E-state index in [1.807, 2.05) is 6.07 Å². The van der Waals surface area contributed by atoms with E-state index in [0.717, 1.165) is 89.3 Å². The van der Waals surface area contributed by atoms with Crippen LogP contribution in [0.15, 0.2) is 190 Å². The van der Waals surface area contributed by atoms with Crippen molar-refractivity contribution in [3.05, 3.63) is 193 Å². The second-order valence-corrected chi connectivity index (χ2v) is 13.8. The Labute approximate surface area is 305 Å². The highest BCUT2D eigenvalue weighted by molar-refractivity contribution is 6.26. The standard InChI is InChI=1S/C50H31NO2/c1-2-12-32(13-3-1)44-26-25-37(36-24-23-31-11-4-5-14-33(31)27-36)29-45(51-44)41-20-10-22-46-48(41)42-21-9-18-39(50(42)52-46)38-17-8-19-40-43-28-34-15-6-7-16-35(34)30-47(43)53-49(38)40/h1-24,26-30H,25H2. The summed E-state index contributed by atoms with van der Waals surface area (Å²) in [6, 6.07) is 57.7. The van der Waals surface area contributed by atoms with Crippen molar-refractivity contribution in [3.8, 4) is 11.1 Å². The van der Waals surface area contributed by atoms with Crippen molar-refractivity contribution in [3.63, 3.8) is 0 Å². The summed E-state index contributed by atoms with van der Waals surface area (Å²) in [4.78, 5) is 5.40. The van der Waals surface area contributed by atoms with Crippen molar-refractivity contribution in [1.29, 1.82) is 0 Å². The Hall–Kier alpha value is -6.97. The molecule has 11 rings (SSSR count). The second kappa shape index (κ2) is 11.8. The van der Waals surface area contributed by atoms with E-state index in [1.54, 1.807) is 0 Å². The van der Waals surface area contributed by atoms with Gasteiger partial charge < -0.3 is 8.83 Å². The van der Waals surface area contributed by atoms with Gasteiger partial charge >= 0.3 is 0 Å². The van der Waals surface area contributed by atoms with Gasteiger partial charge in [0.05, 0.1) is 11.4 Å². The van der Waals surface area contributed by atoms with Crippen LogP contribution in [0.5, 0.6) is 0 Å². The Kier molecular flexibility index (Phi) is 6.62. The molecular weight excluding hydrogens is 647 g/mol. The Morgan fingerprint density at radius 3 is 1.89 bits per heavy atom. The first-order valence-electron chi connectivity index (χ1n) is 18.1. The summed E-state index contributed by atoms with van der Waals surface area (Å²) in [6.45, 7) is 0. The molecule has 0 saturated heterocycles. The lowest BCUT2D eigenvalue weighted by Crippen LogP contribution is -1.99. The van der Waals surface area contributed by atoms with Gasteiger partial charge in [-0.1, -0.05) is 146 Å². The van der Waals surface area contributed by atoms with Crippen LogP contribution in [0.2, 0.25) is 0 Å². The van der Waals surface area contributed by atoms with Crippen LogP contribution in [-0.4, -0.2) is 5.71 Å². The summed E-state index contributed by atoms with van der Waals surface area (Å²) in [5, 5.41) is 9.13. The first-order chi connectivity index (χ1) is 26.2. The molecule has 3 heteroatoms. The van der Waals surface area contributed by atoms with E-state index in [1.165, 1.54) is 27.3 Å². The molecule has 0 N–H and O–H groups in total. The van der Waals surface area contributed by atoms with Crippen LogP contribution in [-0.2, 0) is 0 Å². The third-order valence-electron chi connectivity index (χ3n) is 10.7. The number of hydrogen-bond donors (Lipinski definition) is 0. The molecule has 248 valence electrons. The zero-order chi connectivity index (χ0) is 34.9. The van der Waals surface area contributed by atoms with Crippen LogP contribution in [0.4, 0.5) is 0 Å². The Morgan fingerprint density at radius 1 is 0.434 bits per heavy atom. The fourth-order valence-electron chi connectivity index (χ4n) is 8.13. The van der Waals surface area contributed by atoms with Crippen molar-refractivity contribution in [2.45, 2.75) is 6.42 Å². The van der Waals surface area contributed by atoms with Crippen LogP contribution in [0.25, 0.3) is 87.8 Å². The molecule has 0 fully saturated rings. The van der Waals surface area contributed by atoms with Crippen LogP contribution in [0, 0.1) is 0 Å². The zero-order valence-corrected chi connectivity index (χ0v) is 28.7. The molecule has 0 bridgehead atoms. The van der Waals surface area contributed by atoms with Crippen LogP contribution < -0.4 is 0 Å². The van der Waals surface area contributed by atoms with Gasteiger partial charge in [0.2, 0.25) is 0 Å². The summed E-state index contributed by atoms with van der Waals surface area (Å²) >= 11 is 0. The van der Waals surface area contributed by atoms with Gasteiger partial charge in [-0.25, -0.2) is 4.99 Å². The van der Waals surface area contributed by atoms with E-state index in [9.17, 15) is 0 Å². The summed E-state index contributed by atoms with van der Waals surface area (Å²) in [7, 11) is 0. The molecule has 2 aromatic heterocycles. The number of para-hydroxylation sites is 2. The van der Waals surface area contributed by atoms with E-state index < -0.39 is 0 Å². The monoisotopic (exact) mass is 677 g/mol. The summed E-state index contributed by atoms with van der Waals surface area (Å²) in [6.07, 6.45) is 5.29. The maximum absolute atomic E-state index is 6.83. The summed E-state index contributed by atoms with van der Waals surface area (Å²) in [5.74, 6) is 0. The molecule has 0 amide bonds. The lowest BCUT2D eigenvalue weighted by atomic mass is 9.95. The number of allylic oxidation sites excluding steroid dienone is 3. The minimum absolute atomic E-state index is 0.763.